The van der Waals surface area contributed by atoms with Gasteiger partial charge in [0.1, 0.15) is 0 Å². The second kappa shape index (κ2) is 17.0. The van der Waals surface area contributed by atoms with Crippen molar-refractivity contribution in [2.24, 2.45) is 0 Å². The quantitative estimate of drug-likeness (QED) is 0.245. The van der Waals surface area contributed by atoms with E-state index in [1.165, 1.54) is 44.4 Å². The van der Waals surface area contributed by atoms with E-state index in [2.05, 4.69) is 69.4 Å². The second-order valence-corrected chi connectivity index (χ2v) is 5.83. The van der Waals surface area contributed by atoms with Crippen LogP contribution in [0.25, 0.3) is 0 Å². The van der Waals surface area contributed by atoms with E-state index in [4.69, 9.17) is 0 Å². The van der Waals surface area contributed by atoms with Crippen LogP contribution in [-0.2, 0) is 0 Å². The minimum atomic E-state index is 1.05. The predicted molar refractivity (Wildman–Crippen MR) is 98.4 cm³/mol. The molecule has 0 spiro atoms. The maximum atomic E-state index is 2.32. The van der Waals surface area contributed by atoms with E-state index in [-0.39, 0.29) is 0 Å². The highest BCUT2D eigenvalue weighted by atomic mass is 13.9. The van der Waals surface area contributed by atoms with Crippen LogP contribution in [0.2, 0.25) is 0 Å². The fourth-order valence-corrected chi connectivity index (χ4v) is 1.93. The van der Waals surface area contributed by atoms with Crippen LogP contribution in [0, 0.1) is 5.92 Å². The highest BCUT2D eigenvalue weighted by molar-refractivity contribution is 4.99. The lowest BCUT2D eigenvalue weighted by atomic mass is 10.1. The fraction of sp³-hybridized carbons (Fsp3) is 0.571. The zero-order chi connectivity index (χ0) is 15.6. The van der Waals surface area contributed by atoms with Gasteiger partial charge in [0.05, 0.1) is 0 Å². The number of allylic oxidation sites excluding steroid dienone is 8. The summed E-state index contributed by atoms with van der Waals surface area (Å²) in [5.41, 5.74) is 0. The van der Waals surface area contributed by atoms with Gasteiger partial charge in [0.2, 0.25) is 0 Å². The molecule has 0 heteroatoms. The molecule has 0 aromatic heterocycles. The molecular formula is C21H35. The van der Waals surface area contributed by atoms with Crippen LogP contribution in [0.4, 0.5) is 0 Å². The van der Waals surface area contributed by atoms with Gasteiger partial charge in [0.25, 0.3) is 0 Å². The van der Waals surface area contributed by atoms with Crippen LogP contribution in [0.5, 0.6) is 0 Å². The molecule has 0 aliphatic heterocycles. The first kappa shape index (κ1) is 20.0. The Hall–Kier alpha value is -1.04. The second-order valence-electron chi connectivity index (χ2n) is 5.83. The van der Waals surface area contributed by atoms with Crippen LogP contribution in [0.15, 0.2) is 48.6 Å². The first-order valence-corrected chi connectivity index (χ1v) is 8.66. The number of hydrogen-bond donors (Lipinski definition) is 0. The van der Waals surface area contributed by atoms with E-state index in [0.29, 0.717) is 0 Å². The van der Waals surface area contributed by atoms with E-state index >= 15 is 0 Å². The average molecular weight is 288 g/mol. The topological polar surface area (TPSA) is 0 Å². The van der Waals surface area contributed by atoms with E-state index in [1.54, 1.807) is 0 Å². The Morgan fingerprint density at radius 2 is 1.10 bits per heavy atom. The molecule has 0 heterocycles. The lowest BCUT2D eigenvalue weighted by molar-refractivity contribution is 0.728. The third-order valence-corrected chi connectivity index (χ3v) is 3.27. The van der Waals surface area contributed by atoms with E-state index in [1.807, 2.05) is 0 Å². The van der Waals surface area contributed by atoms with Crippen LogP contribution >= 0.6 is 0 Å². The largest absolute Gasteiger partial charge is 0.0882 e. The van der Waals surface area contributed by atoms with Gasteiger partial charge in [0.15, 0.2) is 0 Å². The standard InChI is InChI=1S/C21H35/c1-4-5-6-7-8-9-10-11-12-13-14-15-16-17-18-19-20-21(2)3/h8-9,11-12,14-15,17-18H,4-7,10,13,16,19-20H2,1-3H3/b9-8-,12-11-,15-14-,18-17-. The zero-order valence-corrected chi connectivity index (χ0v) is 14.5. The molecule has 0 saturated carbocycles. The maximum absolute atomic E-state index is 2.32. The van der Waals surface area contributed by atoms with Crippen molar-refractivity contribution in [3.05, 3.63) is 54.5 Å². The smallest absolute Gasteiger partial charge is 0.0169 e. The van der Waals surface area contributed by atoms with Gasteiger partial charge >= 0.3 is 0 Å². The average Bonchev–Trinajstić information content (AvgIpc) is 2.46. The molecule has 0 rings (SSSR count). The summed E-state index contributed by atoms with van der Waals surface area (Å²) >= 11 is 0. The summed E-state index contributed by atoms with van der Waals surface area (Å²) in [4.78, 5) is 0. The number of unbranched alkanes of at least 4 members (excludes halogenated alkanes) is 3. The Morgan fingerprint density at radius 3 is 1.57 bits per heavy atom. The minimum absolute atomic E-state index is 1.05. The molecule has 0 aliphatic rings. The molecule has 0 aliphatic carbocycles. The summed E-state index contributed by atoms with van der Waals surface area (Å²) in [5, 5.41) is 0. The van der Waals surface area contributed by atoms with E-state index < -0.39 is 0 Å². The monoisotopic (exact) mass is 287 g/mol. The molecule has 0 bridgehead atoms. The van der Waals surface area contributed by atoms with Gasteiger partial charge in [-0.1, -0.05) is 82.2 Å². The summed E-state index contributed by atoms with van der Waals surface area (Å²) in [6, 6.07) is 0. The van der Waals surface area contributed by atoms with Gasteiger partial charge in [-0.2, -0.15) is 0 Å². The fourth-order valence-electron chi connectivity index (χ4n) is 1.93. The Labute approximate surface area is 133 Å². The summed E-state index contributed by atoms with van der Waals surface area (Å²) in [5.74, 6) is 1.51. The zero-order valence-electron chi connectivity index (χ0n) is 14.5. The summed E-state index contributed by atoms with van der Waals surface area (Å²) in [6.45, 7) is 6.64. The van der Waals surface area contributed by atoms with Crippen LogP contribution < -0.4 is 0 Å². The van der Waals surface area contributed by atoms with Gasteiger partial charge in [-0.3, -0.25) is 0 Å². The van der Waals surface area contributed by atoms with Crippen molar-refractivity contribution in [2.45, 2.75) is 78.6 Å². The Morgan fingerprint density at radius 1 is 0.619 bits per heavy atom. The SMILES string of the molecule is CCCCC/C=C\C/C=C\C/C=C\C/C=C\CC[C](C)C. The van der Waals surface area contributed by atoms with Crippen molar-refractivity contribution in [3.8, 4) is 0 Å². The Bertz CT molecular complexity index is 302. The predicted octanol–water partition coefficient (Wildman–Crippen LogP) is 7.36. The third kappa shape index (κ3) is 19.0. The van der Waals surface area contributed by atoms with E-state index in [9.17, 15) is 0 Å². The maximum Gasteiger partial charge on any atom is -0.0169 e. The highest BCUT2D eigenvalue weighted by Crippen LogP contribution is 2.06. The lowest BCUT2D eigenvalue weighted by Crippen LogP contribution is -1.80. The molecule has 1 radical (unpaired) electrons. The van der Waals surface area contributed by atoms with Crippen LogP contribution in [0.1, 0.15) is 78.6 Å². The van der Waals surface area contributed by atoms with Crippen molar-refractivity contribution < 1.29 is 0 Å². The molecular weight excluding hydrogens is 252 g/mol. The molecule has 119 valence electrons. The normalized spacial score (nSPS) is 13.0. The molecule has 0 unspecified atom stereocenters. The molecule has 0 amide bonds. The molecule has 0 N–H and O–H groups in total. The van der Waals surface area contributed by atoms with Crippen molar-refractivity contribution in [2.75, 3.05) is 0 Å². The van der Waals surface area contributed by atoms with Crippen LogP contribution in [0.3, 0.4) is 0 Å². The first-order valence-electron chi connectivity index (χ1n) is 8.66. The Kier molecular flexibility index (Phi) is 16.2. The third-order valence-electron chi connectivity index (χ3n) is 3.27. The first-order chi connectivity index (χ1) is 10.3. The summed E-state index contributed by atoms with van der Waals surface area (Å²) in [7, 11) is 0. The molecule has 0 atom stereocenters. The van der Waals surface area contributed by atoms with Crippen molar-refractivity contribution in [1.29, 1.82) is 0 Å². The van der Waals surface area contributed by atoms with Crippen molar-refractivity contribution in [1.82, 2.24) is 0 Å². The van der Waals surface area contributed by atoms with Gasteiger partial charge in [-0.05, 0) is 50.9 Å². The highest BCUT2D eigenvalue weighted by Gasteiger charge is 1.89. The molecule has 0 saturated heterocycles. The summed E-state index contributed by atoms with van der Waals surface area (Å²) < 4.78 is 0. The van der Waals surface area contributed by atoms with Crippen molar-refractivity contribution >= 4 is 0 Å². The van der Waals surface area contributed by atoms with Gasteiger partial charge in [-0.25, -0.2) is 0 Å². The van der Waals surface area contributed by atoms with Crippen LogP contribution in [-0.4, -0.2) is 0 Å². The number of rotatable bonds is 13. The van der Waals surface area contributed by atoms with Crippen molar-refractivity contribution in [3.63, 3.8) is 0 Å². The number of hydrogen-bond acceptors (Lipinski definition) is 0. The van der Waals surface area contributed by atoms with Gasteiger partial charge < -0.3 is 0 Å². The molecule has 0 aromatic rings. The van der Waals surface area contributed by atoms with E-state index in [0.717, 1.165) is 19.3 Å². The molecule has 0 nitrogen and oxygen atoms in total. The molecule has 0 fully saturated rings. The Balaban J connectivity index is 3.39. The van der Waals surface area contributed by atoms with Gasteiger partial charge in [-0.15, -0.1) is 0 Å². The molecule has 21 heavy (non-hydrogen) atoms. The summed E-state index contributed by atoms with van der Waals surface area (Å²) in [6.07, 6.45) is 29.0. The lowest BCUT2D eigenvalue weighted by Gasteiger charge is -1.97. The molecule has 0 aromatic carbocycles. The van der Waals surface area contributed by atoms with Gasteiger partial charge in [0, 0.05) is 0 Å². The minimum Gasteiger partial charge on any atom is -0.0882 e.